The lowest BCUT2D eigenvalue weighted by molar-refractivity contribution is -0.274. The molecular formula is C12H12BrF3N2O2. The number of nitrogens with one attached hydrogen (secondary N) is 1. The Morgan fingerprint density at radius 2 is 2.10 bits per heavy atom. The molecule has 0 radical (unpaired) electrons. The molecule has 1 aromatic rings. The predicted molar refractivity (Wildman–Crippen MR) is 70.2 cm³/mol. The number of anilines is 1. The van der Waals surface area contributed by atoms with E-state index in [0.717, 1.165) is 6.07 Å². The first-order chi connectivity index (χ1) is 9.26. The predicted octanol–water partition coefficient (Wildman–Crippen LogP) is 3.03. The molecule has 20 heavy (non-hydrogen) atoms. The average Bonchev–Trinajstić information content (AvgIpc) is 3.11. The number of amides is 1. The summed E-state index contributed by atoms with van der Waals surface area (Å²) in [6.07, 6.45) is -3.55. The number of hydrogen-bond donors (Lipinski definition) is 2. The third-order valence-corrected chi connectivity index (χ3v) is 3.64. The molecule has 0 saturated heterocycles. The van der Waals surface area contributed by atoms with Crippen LogP contribution < -0.4 is 15.8 Å². The molecule has 110 valence electrons. The summed E-state index contributed by atoms with van der Waals surface area (Å²) >= 11 is 3.06. The van der Waals surface area contributed by atoms with Crippen molar-refractivity contribution in [1.82, 2.24) is 0 Å². The summed E-state index contributed by atoms with van der Waals surface area (Å²) in [4.78, 5) is 12.0. The lowest BCUT2D eigenvalue weighted by Crippen LogP contribution is -2.31. The van der Waals surface area contributed by atoms with Crippen molar-refractivity contribution in [2.75, 3.05) is 11.9 Å². The number of ether oxygens (including phenoxy) is 1. The van der Waals surface area contributed by atoms with Gasteiger partial charge in [0.15, 0.2) is 5.75 Å². The van der Waals surface area contributed by atoms with Crippen molar-refractivity contribution in [2.24, 2.45) is 11.1 Å². The minimum Gasteiger partial charge on any atom is -0.404 e. The Hall–Kier alpha value is -1.28. The molecule has 0 spiro atoms. The fraction of sp³-hybridized carbons (Fsp3) is 0.417. The van der Waals surface area contributed by atoms with Gasteiger partial charge in [0.25, 0.3) is 0 Å². The molecule has 8 heteroatoms. The van der Waals surface area contributed by atoms with Gasteiger partial charge in [-0.05, 0) is 31.0 Å². The smallest absolute Gasteiger partial charge is 0.404 e. The van der Waals surface area contributed by atoms with Crippen LogP contribution in [0.15, 0.2) is 22.7 Å². The van der Waals surface area contributed by atoms with Gasteiger partial charge in [0.1, 0.15) is 0 Å². The van der Waals surface area contributed by atoms with Crippen LogP contribution in [-0.4, -0.2) is 18.8 Å². The number of carbonyl (C=O) groups excluding carboxylic acids is 1. The van der Waals surface area contributed by atoms with Crippen LogP contribution in [0.4, 0.5) is 18.9 Å². The summed E-state index contributed by atoms with van der Waals surface area (Å²) in [6.45, 7) is 0.171. The summed E-state index contributed by atoms with van der Waals surface area (Å²) in [5, 5.41) is 2.45. The number of halogens is 4. The second-order valence-electron chi connectivity index (χ2n) is 4.63. The van der Waals surface area contributed by atoms with Crippen LogP contribution in [0.1, 0.15) is 12.8 Å². The lowest BCUT2D eigenvalue weighted by atomic mass is 10.1. The van der Waals surface area contributed by atoms with E-state index in [4.69, 9.17) is 5.73 Å². The molecule has 1 aromatic carbocycles. The summed E-state index contributed by atoms with van der Waals surface area (Å²) in [7, 11) is 0. The quantitative estimate of drug-likeness (QED) is 0.875. The maximum Gasteiger partial charge on any atom is 0.573 e. The highest BCUT2D eigenvalue weighted by Crippen LogP contribution is 2.46. The SMILES string of the molecule is NCC1(C(=O)Nc2ccc(Br)cc2OC(F)(F)F)CC1. The molecule has 2 rings (SSSR count). The number of hydrogen-bond acceptors (Lipinski definition) is 3. The second kappa shape index (κ2) is 5.25. The Morgan fingerprint density at radius 3 is 2.60 bits per heavy atom. The minimum atomic E-state index is -4.83. The number of alkyl halides is 3. The van der Waals surface area contributed by atoms with Crippen molar-refractivity contribution in [1.29, 1.82) is 0 Å². The van der Waals surface area contributed by atoms with Gasteiger partial charge in [-0.3, -0.25) is 4.79 Å². The van der Waals surface area contributed by atoms with Crippen molar-refractivity contribution < 1.29 is 22.7 Å². The van der Waals surface area contributed by atoms with Crippen molar-refractivity contribution in [3.05, 3.63) is 22.7 Å². The Labute approximate surface area is 121 Å². The van der Waals surface area contributed by atoms with E-state index in [0.29, 0.717) is 17.3 Å². The zero-order chi connectivity index (χ0) is 15.0. The highest BCUT2D eigenvalue weighted by atomic mass is 79.9. The van der Waals surface area contributed by atoms with Gasteiger partial charge in [-0.25, -0.2) is 0 Å². The molecule has 1 aliphatic rings. The van der Waals surface area contributed by atoms with E-state index >= 15 is 0 Å². The average molecular weight is 353 g/mol. The molecule has 0 bridgehead atoms. The molecule has 1 fully saturated rings. The normalized spacial score (nSPS) is 16.6. The topological polar surface area (TPSA) is 64.4 Å². The van der Waals surface area contributed by atoms with E-state index < -0.39 is 17.5 Å². The fourth-order valence-electron chi connectivity index (χ4n) is 1.74. The van der Waals surface area contributed by atoms with Crippen molar-refractivity contribution in [3.63, 3.8) is 0 Å². The van der Waals surface area contributed by atoms with E-state index in [1.165, 1.54) is 12.1 Å². The molecule has 0 atom stereocenters. The van der Waals surface area contributed by atoms with E-state index in [1.54, 1.807) is 0 Å². The van der Waals surface area contributed by atoms with Gasteiger partial charge >= 0.3 is 6.36 Å². The van der Waals surface area contributed by atoms with E-state index in [1.807, 2.05) is 0 Å². The van der Waals surface area contributed by atoms with Crippen molar-refractivity contribution in [3.8, 4) is 5.75 Å². The highest BCUT2D eigenvalue weighted by Gasteiger charge is 2.48. The number of carbonyl (C=O) groups is 1. The van der Waals surface area contributed by atoms with Gasteiger partial charge in [0, 0.05) is 11.0 Å². The van der Waals surface area contributed by atoms with Gasteiger partial charge in [0.2, 0.25) is 5.91 Å². The van der Waals surface area contributed by atoms with Crippen LogP contribution >= 0.6 is 15.9 Å². The first-order valence-corrected chi connectivity index (χ1v) is 6.62. The van der Waals surface area contributed by atoms with E-state index in [-0.39, 0.29) is 18.1 Å². The summed E-state index contributed by atoms with van der Waals surface area (Å²) in [5.74, 6) is -0.845. The fourth-order valence-corrected chi connectivity index (χ4v) is 2.08. The molecule has 0 unspecified atom stereocenters. The highest BCUT2D eigenvalue weighted by molar-refractivity contribution is 9.10. The molecule has 4 nitrogen and oxygen atoms in total. The van der Waals surface area contributed by atoms with Crippen LogP contribution in [0.5, 0.6) is 5.75 Å². The Morgan fingerprint density at radius 1 is 1.45 bits per heavy atom. The maximum absolute atomic E-state index is 12.3. The minimum absolute atomic E-state index is 0.0322. The van der Waals surface area contributed by atoms with Crippen LogP contribution in [0, 0.1) is 5.41 Å². The zero-order valence-electron chi connectivity index (χ0n) is 10.3. The van der Waals surface area contributed by atoms with E-state index in [2.05, 4.69) is 26.0 Å². The Kier molecular flexibility index (Phi) is 3.97. The van der Waals surface area contributed by atoms with Gasteiger partial charge in [-0.2, -0.15) is 0 Å². The molecule has 3 N–H and O–H groups in total. The largest absolute Gasteiger partial charge is 0.573 e. The molecule has 1 aliphatic carbocycles. The molecule has 0 aromatic heterocycles. The van der Waals surface area contributed by atoms with Gasteiger partial charge in [0.05, 0.1) is 11.1 Å². The van der Waals surface area contributed by atoms with Crippen LogP contribution in [0.25, 0.3) is 0 Å². The second-order valence-corrected chi connectivity index (χ2v) is 5.54. The number of rotatable bonds is 4. The van der Waals surface area contributed by atoms with Gasteiger partial charge < -0.3 is 15.8 Å². The monoisotopic (exact) mass is 352 g/mol. The molecule has 0 heterocycles. The van der Waals surface area contributed by atoms with Crippen molar-refractivity contribution in [2.45, 2.75) is 19.2 Å². The van der Waals surface area contributed by atoms with Gasteiger partial charge in [-0.15, -0.1) is 13.2 Å². The van der Waals surface area contributed by atoms with Crippen LogP contribution in [0.2, 0.25) is 0 Å². The van der Waals surface area contributed by atoms with Crippen LogP contribution in [-0.2, 0) is 4.79 Å². The summed E-state index contributed by atoms with van der Waals surface area (Å²) in [5.41, 5.74) is 4.83. The van der Waals surface area contributed by atoms with E-state index in [9.17, 15) is 18.0 Å². The Balaban J connectivity index is 2.21. The number of nitrogens with two attached hydrogens (primary N) is 1. The molecule has 0 aliphatic heterocycles. The summed E-state index contributed by atoms with van der Waals surface area (Å²) in [6, 6.07) is 4.00. The first-order valence-electron chi connectivity index (χ1n) is 5.83. The first kappa shape index (κ1) is 15.1. The molecule has 1 amide bonds. The third kappa shape index (κ3) is 3.43. The van der Waals surface area contributed by atoms with Gasteiger partial charge in [-0.1, -0.05) is 15.9 Å². The Bertz CT molecular complexity index is 530. The third-order valence-electron chi connectivity index (χ3n) is 3.14. The maximum atomic E-state index is 12.3. The zero-order valence-corrected chi connectivity index (χ0v) is 11.8. The number of benzene rings is 1. The van der Waals surface area contributed by atoms with Crippen LogP contribution in [0.3, 0.4) is 0 Å². The van der Waals surface area contributed by atoms with Crippen molar-refractivity contribution >= 4 is 27.5 Å². The standard InChI is InChI=1S/C12H12BrF3N2O2/c13-7-1-2-8(9(5-7)20-12(14,15)16)18-10(19)11(6-17)3-4-11/h1-2,5H,3-4,6,17H2,(H,18,19). The molecule has 1 saturated carbocycles. The lowest BCUT2D eigenvalue weighted by Gasteiger charge is -2.17. The summed E-state index contributed by atoms with van der Waals surface area (Å²) < 4.78 is 41.3. The molecular weight excluding hydrogens is 341 g/mol.